The van der Waals surface area contributed by atoms with Crippen LogP contribution in [-0.4, -0.2) is 72.3 Å². The zero-order valence-electron chi connectivity index (χ0n) is 17.4. The van der Waals surface area contributed by atoms with E-state index >= 15 is 0 Å². The molecule has 0 aromatic heterocycles. The van der Waals surface area contributed by atoms with Gasteiger partial charge in [0.05, 0.1) is 11.6 Å². The highest BCUT2D eigenvalue weighted by Crippen LogP contribution is 2.33. The second kappa shape index (κ2) is 9.09. The molecule has 0 N–H and O–H groups in total. The van der Waals surface area contributed by atoms with E-state index in [4.69, 9.17) is 23.7 Å². The molecular weight excluding hydrogens is 370 g/mol. The average Bonchev–Trinajstić information content (AvgIpc) is 2.94. The summed E-state index contributed by atoms with van der Waals surface area (Å²) in [5.74, 6) is -0.970. The topological polar surface area (TPSA) is 101 Å². The molecule has 9 nitrogen and oxygen atoms in total. The van der Waals surface area contributed by atoms with E-state index in [-0.39, 0.29) is 12.6 Å². The molecule has 28 heavy (non-hydrogen) atoms. The first-order valence-electron chi connectivity index (χ1n) is 9.60. The number of carbonyl (C=O) groups is 3. The van der Waals surface area contributed by atoms with Crippen LogP contribution in [0.25, 0.3) is 0 Å². The van der Waals surface area contributed by atoms with Crippen LogP contribution in [0.15, 0.2) is 0 Å². The Balaban J connectivity index is 2.30. The molecule has 9 heteroatoms. The number of amides is 1. The average molecular weight is 401 g/mol. The zero-order chi connectivity index (χ0) is 21.1. The maximum Gasteiger partial charge on any atom is 0.412 e. The first kappa shape index (κ1) is 22.4. The molecule has 2 rings (SSSR count). The van der Waals surface area contributed by atoms with Crippen molar-refractivity contribution < 1.29 is 38.1 Å². The van der Waals surface area contributed by atoms with Crippen LogP contribution in [0.3, 0.4) is 0 Å². The largest absolute Gasteiger partial charge is 0.463 e. The Hall–Kier alpha value is -1.87. The summed E-state index contributed by atoms with van der Waals surface area (Å²) in [6, 6.07) is -0.118. The quantitative estimate of drug-likeness (QED) is 0.492. The van der Waals surface area contributed by atoms with Crippen LogP contribution in [0.2, 0.25) is 0 Å². The zero-order valence-corrected chi connectivity index (χ0v) is 17.4. The number of hydrogen-bond donors (Lipinski definition) is 0. The number of cyclic esters (lactones) is 1. The second-order valence-electron chi connectivity index (χ2n) is 8.06. The molecule has 0 radical (unpaired) electrons. The molecule has 5 atom stereocenters. The molecule has 0 bridgehead atoms. The lowest BCUT2D eigenvalue weighted by atomic mass is 9.98. The fourth-order valence-corrected chi connectivity index (χ4v) is 3.47. The molecule has 160 valence electrons. The van der Waals surface area contributed by atoms with Gasteiger partial charge in [-0.15, -0.1) is 0 Å². The van der Waals surface area contributed by atoms with Gasteiger partial charge in [0.1, 0.15) is 31.6 Å². The van der Waals surface area contributed by atoms with Crippen molar-refractivity contribution in [2.24, 2.45) is 0 Å². The lowest BCUT2D eigenvalue weighted by molar-refractivity contribution is -0.248. The molecule has 2 fully saturated rings. The third-order valence-corrected chi connectivity index (χ3v) is 4.54. The minimum atomic E-state index is -0.773. The van der Waals surface area contributed by atoms with Crippen LogP contribution in [0.1, 0.15) is 54.4 Å². The summed E-state index contributed by atoms with van der Waals surface area (Å²) < 4.78 is 28.0. The molecule has 0 saturated carbocycles. The summed E-state index contributed by atoms with van der Waals surface area (Å²) >= 11 is 0. The molecule has 2 aliphatic heterocycles. The molecule has 0 unspecified atom stereocenters. The highest BCUT2D eigenvalue weighted by atomic mass is 16.6. The Bertz CT molecular complexity index is 587. The van der Waals surface area contributed by atoms with Crippen LogP contribution >= 0.6 is 0 Å². The van der Waals surface area contributed by atoms with Gasteiger partial charge in [-0.25, -0.2) is 4.79 Å². The fraction of sp³-hybridized carbons (Fsp3) is 0.842. The number of esters is 2. The van der Waals surface area contributed by atoms with E-state index in [2.05, 4.69) is 0 Å². The highest BCUT2D eigenvalue weighted by molar-refractivity contribution is 5.70. The first-order valence-corrected chi connectivity index (χ1v) is 9.60. The summed E-state index contributed by atoms with van der Waals surface area (Å²) in [5.41, 5.74) is -0.521. The van der Waals surface area contributed by atoms with Crippen LogP contribution in [-0.2, 0) is 33.3 Å². The van der Waals surface area contributed by atoms with Gasteiger partial charge in [-0.05, 0) is 27.2 Å². The van der Waals surface area contributed by atoms with E-state index in [1.807, 2.05) is 27.7 Å². The van der Waals surface area contributed by atoms with E-state index in [9.17, 15) is 14.4 Å². The van der Waals surface area contributed by atoms with Gasteiger partial charge in [0.2, 0.25) is 0 Å². The van der Waals surface area contributed by atoms with Crippen LogP contribution < -0.4 is 0 Å². The van der Waals surface area contributed by atoms with Crippen molar-refractivity contribution in [3.8, 4) is 0 Å². The van der Waals surface area contributed by atoms with Crippen LogP contribution in [0.4, 0.5) is 4.79 Å². The Morgan fingerprint density at radius 1 is 1.21 bits per heavy atom. The predicted octanol–water partition coefficient (Wildman–Crippen LogP) is 2.01. The fourth-order valence-electron chi connectivity index (χ4n) is 3.47. The van der Waals surface area contributed by atoms with Crippen molar-refractivity contribution in [2.75, 3.05) is 13.2 Å². The van der Waals surface area contributed by atoms with Crippen LogP contribution in [0, 0.1) is 0 Å². The molecule has 0 aromatic carbocycles. The van der Waals surface area contributed by atoms with Gasteiger partial charge in [0.15, 0.2) is 6.10 Å². The minimum Gasteiger partial charge on any atom is -0.463 e. The maximum absolute atomic E-state index is 12.3. The lowest BCUT2D eigenvalue weighted by Gasteiger charge is -2.45. The Labute approximate surface area is 165 Å². The summed E-state index contributed by atoms with van der Waals surface area (Å²) in [7, 11) is 0. The highest BCUT2D eigenvalue weighted by Gasteiger charge is 2.49. The van der Waals surface area contributed by atoms with E-state index in [0.29, 0.717) is 19.4 Å². The number of hydrogen-bond acceptors (Lipinski definition) is 8. The SMILES string of the molecule is CC[C@@H]1COC(=O)N1[C@H]1C[C@@H](OC(C)(C)C)[C@H](OC(C)=O)[C@@H](COC(C)=O)O1. The van der Waals surface area contributed by atoms with Gasteiger partial charge in [-0.2, -0.15) is 0 Å². The molecule has 2 aliphatic rings. The molecule has 2 saturated heterocycles. The molecule has 0 aromatic rings. The van der Waals surface area contributed by atoms with Gasteiger partial charge in [-0.1, -0.05) is 6.92 Å². The standard InChI is InChI=1S/C19H31NO8/c1-7-13-9-25-18(23)20(13)16-8-14(28-19(4,5)6)17(26-12(3)22)15(27-16)10-24-11(2)21/h13-17H,7-10H2,1-6H3/t13-,14-,15-,16-,17+/m1/s1. The van der Waals surface area contributed by atoms with Crippen molar-refractivity contribution in [3.63, 3.8) is 0 Å². The van der Waals surface area contributed by atoms with Crippen LogP contribution in [0.5, 0.6) is 0 Å². The van der Waals surface area contributed by atoms with Crippen molar-refractivity contribution in [1.82, 2.24) is 4.90 Å². The second-order valence-corrected chi connectivity index (χ2v) is 8.06. The monoisotopic (exact) mass is 401 g/mol. The van der Waals surface area contributed by atoms with E-state index in [1.54, 1.807) is 4.90 Å². The summed E-state index contributed by atoms with van der Waals surface area (Å²) in [4.78, 5) is 36.8. The van der Waals surface area contributed by atoms with Gasteiger partial charge in [0.25, 0.3) is 0 Å². The Morgan fingerprint density at radius 3 is 2.43 bits per heavy atom. The number of ether oxygens (including phenoxy) is 5. The third kappa shape index (κ3) is 5.81. The molecule has 2 heterocycles. The van der Waals surface area contributed by atoms with E-state index in [0.717, 1.165) is 0 Å². The molecule has 1 amide bonds. The summed E-state index contributed by atoms with van der Waals surface area (Å²) in [6.07, 6.45) is -2.18. The smallest absolute Gasteiger partial charge is 0.412 e. The number of rotatable bonds is 6. The van der Waals surface area contributed by atoms with Crippen molar-refractivity contribution in [2.45, 2.75) is 90.6 Å². The Kier molecular flexibility index (Phi) is 7.28. The van der Waals surface area contributed by atoms with Gasteiger partial charge in [-0.3, -0.25) is 14.5 Å². The Morgan fingerprint density at radius 2 is 1.89 bits per heavy atom. The van der Waals surface area contributed by atoms with E-state index in [1.165, 1.54) is 13.8 Å². The van der Waals surface area contributed by atoms with Crippen molar-refractivity contribution in [1.29, 1.82) is 0 Å². The molecule has 0 aliphatic carbocycles. The normalized spacial score (nSPS) is 30.7. The predicted molar refractivity (Wildman–Crippen MR) is 97.4 cm³/mol. The number of carbonyl (C=O) groups excluding carboxylic acids is 3. The summed E-state index contributed by atoms with van der Waals surface area (Å²) in [6.45, 7) is 10.4. The molecule has 0 spiro atoms. The van der Waals surface area contributed by atoms with Crippen molar-refractivity contribution >= 4 is 18.0 Å². The minimum absolute atomic E-state index is 0.118. The lowest BCUT2D eigenvalue weighted by Crippen LogP contribution is -2.59. The van der Waals surface area contributed by atoms with Gasteiger partial charge < -0.3 is 23.7 Å². The molecular formula is C19H31NO8. The van der Waals surface area contributed by atoms with Gasteiger partial charge >= 0.3 is 18.0 Å². The summed E-state index contributed by atoms with van der Waals surface area (Å²) in [5, 5.41) is 0. The maximum atomic E-state index is 12.3. The number of nitrogens with zero attached hydrogens (tertiary/aromatic N) is 1. The van der Waals surface area contributed by atoms with Crippen molar-refractivity contribution in [3.05, 3.63) is 0 Å². The third-order valence-electron chi connectivity index (χ3n) is 4.54. The van der Waals surface area contributed by atoms with Gasteiger partial charge in [0, 0.05) is 20.3 Å². The van der Waals surface area contributed by atoms with E-state index < -0.39 is 48.2 Å². The first-order chi connectivity index (χ1) is 13.0.